The van der Waals surface area contributed by atoms with Crippen LogP contribution in [0.4, 0.5) is 4.79 Å². The van der Waals surface area contributed by atoms with E-state index < -0.39 is 29.6 Å². The molecule has 2 heterocycles. The number of nitrogens with zero attached hydrogens (tertiary/aromatic N) is 1. The first-order valence-electron chi connectivity index (χ1n) is 7.19. The number of carbonyl (C=O) groups excluding carboxylic acids is 3. The van der Waals surface area contributed by atoms with Gasteiger partial charge in [-0.25, -0.2) is 4.79 Å². The van der Waals surface area contributed by atoms with E-state index in [4.69, 9.17) is 9.15 Å². The summed E-state index contributed by atoms with van der Waals surface area (Å²) in [4.78, 5) is 36.5. The molecule has 2 rings (SSSR count). The highest BCUT2D eigenvalue weighted by atomic mass is 16.6. The summed E-state index contributed by atoms with van der Waals surface area (Å²) in [6, 6.07) is 1.76. The van der Waals surface area contributed by atoms with Gasteiger partial charge in [0.1, 0.15) is 17.4 Å². The van der Waals surface area contributed by atoms with Crippen molar-refractivity contribution in [3.05, 3.63) is 30.7 Å². The molecule has 0 saturated carbocycles. The van der Waals surface area contributed by atoms with Gasteiger partial charge >= 0.3 is 6.09 Å². The van der Waals surface area contributed by atoms with Crippen LogP contribution in [0.2, 0.25) is 0 Å². The van der Waals surface area contributed by atoms with Gasteiger partial charge < -0.3 is 9.15 Å². The summed E-state index contributed by atoms with van der Waals surface area (Å²) in [6.45, 7) is 9.16. The van der Waals surface area contributed by atoms with Crippen LogP contribution in [0, 0.1) is 0 Å². The Morgan fingerprint density at radius 2 is 2.17 bits per heavy atom. The van der Waals surface area contributed by atoms with Crippen LogP contribution < -0.4 is 5.32 Å². The summed E-state index contributed by atoms with van der Waals surface area (Å²) in [5.41, 5.74) is -0.219. The van der Waals surface area contributed by atoms with Crippen molar-refractivity contribution in [3.8, 4) is 0 Å². The second kappa shape index (κ2) is 6.37. The molecule has 1 N–H and O–H groups in total. The molecule has 2 atom stereocenters. The molecule has 1 saturated heterocycles. The van der Waals surface area contributed by atoms with Gasteiger partial charge in [0.15, 0.2) is 6.29 Å². The topological polar surface area (TPSA) is 88.8 Å². The zero-order chi connectivity index (χ0) is 17.2. The Morgan fingerprint density at radius 3 is 2.70 bits per heavy atom. The fraction of sp³-hybridized carbons (Fsp3) is 0.438. The van der Waals surface area contributed by atoms with E-state index >= 15 is 0 Å². The first kappa shape index (κ1) is 17.0. The first-order valence-corrected chi connectivity index (χ1v) is 7.19. The molecular formula is C16H20N2O5. The molecular weight excluding hydrogens is 300 g/mol. The van der Waals surface area contributed by atoms with Crippen LogP contribution in [-0.4, -0.2) is 47.4 Å². The number of nitrogens with one attached hydrogen (secondary N) is 1. The van der Waals surface area contributed by atoms with Crippen molar-refractivity contribution in [1.82, 2.24) is 10.2 Å². The lowest BCUT2D eigenvalue weighted by atomic mass is 9.97. The normalized spacial score (nSPS) is 21.1. The van der Waals surface area contributed by atoms with Crippen molar-refractivity contribution in [2.75, 3.05) is 6.67 Å². The summed E-state index contributed by atoms with van der Waals surface area (Å²) in [5, 5.41) is 3.01. The molecule has 0 aromatic carbocycles. The number of carbonyl (C=O) groups is 3. The predicted octanol–water partition coefficient (Wildman–Crippen LogP) is 1.60. The Morgan fingerprint density at radius 1 is 1.48 bits per heavy atom. The molecule has 1 fully saturated rings. The van der Waals surface area contributed by atoms with Crippen LogP contribution >= 0.6 is 0 Å². The van der Waals surface area contributed by atoms with Gasteiger partial charge in [0.05, 0.1) is 19.0 Å². The number of rotatable bonds is 4. The maximum Gasteiger partial charge on any atom is 0.412 e. The van der Waals surface area contributed by atoms with Crippen LogP contribution in [0.1, 0.15) is 26.5 Å². The van der Waals surface area contributed by atoms with E-state index in [1.165, 1.54) is 11.2 Å². The van der Waals surface area contributed by atoms with Crippen LogP contribution in [0.5, 0.6) is 0 Å². The number of aldehydes is 1. The van der Waals surface area contributed by atoms with Gasteiger partial charge in [0, 0.05) is 5.57 Å². The highest BCUT2D eigenvalue weighted by Crippen LogP contribution is 2.26. The van der Waals surface area contributed by atoms with Gasteiger partial charge in [-0.15, -0.1) is 0 Å². The van der Waals surface area contributed by atoms with Gasteiger partial charge in [-0.05, 0) is 32.9 Å². The number of Topliss-reactive ketones (excluding diaryl/α,β-unsaturated/α-hetero) is 1. The number of amides is 1. The molecule has 0 radical (unpaired) electrons. The van der Waals surface area contributed by atoms with Crippen molar-refractivity contribution < 1.29 is 23.5 Å². The average Bonchev–Trinajstić information content (AvgIpc) is 3.12. The van der Waals surface area contributed by atoms with Crippen LogP contribution in [-0.2, 0) is 14.3 Å². The first-order chi connectivity index (χ1) is 10.7. The van der Waals surface area contributed by atoms with Crippen molar-refractivity contribution >= 4 is 23.7 Å². The smallest absolute Gasteiger partial charge is 0.412 e. The molecule has 0 bridgehead atoms. The number of hydrogen-bond donors (Lipinski definition) is 1. The highest BCUT2D eigenvalue weighted by Gasteiger charge is 2.44. The van der Waals surface area contributed by atoms with Crippen LogP contribution in [0.3, 0.4) is 0 Å². The van der Waals surface area contributed by atoms with E-state index in [9.17, 15) is 14.4 Å². The Balaban J connectivity index is 2.25. The van der Waals surface area contributed by atoms with E-state index in [0.717, 1.165) is 0 Å². The van der Waals surface area contributed by atoms with E-state index in [1.807, 2.05) is 0 Å². The van der Waals surface area contributed by atoms with E-state index in [2.05, 4.69) is 11.9 Å². The number of hydrogen-bond acceptors (Lipinski definition) is 6. The maximum atomic E-state index is 12.3. The molecule has 1 aliphatic heterocycles. The van der Waals surface area contributed by atoms with E-state index in [-0.39, 0.29) is 13.0 Å². The van der Waals surface area contributed by atoms with Crippen molar-refractivity contribution in [2.45, 2.75) is 38.5 Å². The maximum absolute atomic E-state index is 12.3. The second-order valence-electron chi connectivity index (χ2n) is 6.26. The third kappa shape index (κ3) is 3.68. The lowest BCUT2D eigenvalue weighted by Gasteiger charge is -2.28. The molecule has 1 aliphatic rings. The molecule has 1 aromatic heterocycles. The van der Waals surface area contributed by atoms with Crippen molar-refractivity contribution in [3.63, 3.8) is 0 Å². The summed E-state index contributed by atoms with van der Waals surface area (Å²) >= 11 is 0. The Hall–Kier alpha value is -2.41. The summed E-state index contributed by atoms with van der Waals surface area (Å²) in [6.07, 6.45) is 1.02. The fourth-order valence-electron chi connectivity index (χ4n) is 2.40. The monoisotopic (exact) mass is 320 g/mol. The van der Waals surface area contributed by atoms with Gasteiger partial charge in [-0.2, -0.15) is 0 Å². The van der Waals surface area contributed by atoms with E-state index in [0.29, 0.717) is 11.3 Å². The third-order valence-electron chi connectivity index (χ3n) is 3.38. The quantitative estimate of drug-likeness (QED) is 0.669. The van der Waals surface area contributed by atoms with Gasteiger partial charge in [0.25, 0.3) is 0 Å². The molecule has 7 heteroatoms. The van der Waals surface area contributed by atoms with Crippen LogP contribution in [0.25, 0.3) is 5.57 Å². The number of ketones is 1. The van der Waals surface area contributed by atoms with Gasteiger partial charge in [-0.1, -0.05) is 6.58 Å². The van der Waals surface area contributed by atoms with Crippen LogP contribution in [0.15, 0.2) is 29.4 Å². The number of ether oxygens (including phenoxy) is 1. The van der Waals surface area contributed by atoms with Crippen molar-refractivity contribution in [2.24, 2.45) is 0 Å². The van der Waals surface area contributed by atoms with Gasteiger partial charge in [0.2, 0.25) is 5.78 Å². The summed E-state index contributed by atoms with van der Waals surface area (Å²) in [7, 11) is 0. The molecule has 124 valence electrons. The molecule has 1 amide bonds. The average molecular weight is 320 g/mol. The molecule has 2 unspecified atom stereocenters. The number of furan rings is 1. The Bertz CT molecular complexity index is 615. The minimum atomic E-state index is -1.01. The lowest BCUT2D eigenvalue weighted by molar-refractivity contribution is -0.132. The molecule has 7 nitrogen and oxygen atoms in total. The molecule has 0 aliphatic carbocycles. The second-order valence-corrected chi connectivity index (χ2v) is 6.26. The van der Waals surface area contributed by atoms with E-state index in [1.54, 1.807) is 32.9 Å². The Kier molecular flexibility index (Phi) is 4.70. The standard InChI is InChI=1S/C16H20N2O5/c1-10(12-6-5-7-22-12)13-14(11(20)8-19)18(9-17-13)15(21)23-16(2,3)4/h5-8,13-14,17H,1,9H2,2-4H3. The SMILES string of the molecule is C=C(c1ccco1)C1NCN(C(=O)OC(C)(C)C)C1C(=O)C=O. The predicted molar refractivity (Wildman–Crippen MR) is 82.5 cm³/mol. The minimum Gasteiger partial charge on any atom is -0.465 e. The molecule has 1 aromatic rings. The molecule has 0 spiro atoms. The zero-order valence-electron chi connectivity index (χ0n) is 13.4. The zero-order valence-corrected chi connectivity index (χ0v) is 13.4. The van der Waals surface area contributed by atoms with Gasteiger partial charge in [-0.3, -0.25) is 19.8 Å². The van der Waals surface area contributed by atoms with Crippen molar-refractivity contribution in [1.29, 1.82) is 0 Å². The minimum absolute atomic E-state index is 0.0730. The fourth-order valence-corrected chi connectivity index (χ4v) is 2.40. The lowest BCUT2D eigenvalue weighted by Crippen LogP contribution is -2.47. The molecule has 23 heavy (non-hydrogen) atoms. The summed E-state index contributed by atoms with van der Waals surface area (Å²) < 4.78 is 10.6. The largest absolute Gasteiger partial charge is 0.465 e. The third-order valence-corrected chi connectivity index (χ3v) is 3.38. The Labute approximate surface area is 134 Å². The highest BCUT2D eigenvalue weighted by molar-refractivity contribution is 6.28. The summed E-state index contributed by atoms with van der Waals surface area (Å²) in [5.74, 6) is -0.240.